The second kappa shape index (κ2) is 8.74. The fourth-order valence-corrected chi connectivity index (χ4v) is 4.08. The lowest BCUT2D eigenvalue weighted by Gasteiger charge is -2.29. The molecule has 0 N–H and O–H groups in total. The molecule has 7 nitrogen and oxygen atoms in total. The highest BCUT2D eigenvalue weighted by Gasteiger charge is 2.37. The van der Waals surface area contributed by atoms with E-state index in [4.69, 9.17) is 21.1 Å². The van der Waals surface area contributed by atoms with Gasteiger partial charge in [0.25, 0.3) is 5.91 Å². The first-order valence-electron chi connectivity index (χ1n) is 10.3. The molecule has 1 saturated heterocycles. The van der Waals surface area contributed by atoms with Gasteiger partial charge in [-0.15, -0.1) is 0 Å². The number of methoxy groups -OCH3 is 2. The van der Waals surface area contributed by atoms with Crippen LogP contribution in [-0.4, -0.2) is 52.7 Å². The summed E-state index contributed by atoms with van der Waals surface area (Å²) in [6.45, 7) is 3.09. The molecule has 0 radical (unpaired) electrons. The van der Waals surface area contributed by atoms with Crippen LogP contribution in [0.1, 0.15) is 35.9 Å². The zero-order valence-corrected chi connectivity index (χ0v) is 19.0. The highest BCUT2D eigenvalue weighted by atomic mass is 35.5. The Hall–Kier alpha value is -3.01. The van der Waals surface area contributed by atoms with E-state index in [0.29, 0.717) is 40.6 Å². The predicted octanol–water partition coefficient (Wildman–Crippen LogP) is 4.96. The van der Waals surface area contributed by atoms with Gasteiger partial charge in [-0.2, -0.15) is 18.3 Å². The molecule has 1 aromatic carbocycles. The number of benzene rings is 1. The molecule has 0 bridgehead atoms. The van der Waals surface area contributed by atoms with Gasteiger partial charge in [-0.1, -0.05) is 18.5 Å². The number of amides is 1. The van der Waals surface area contributed by atoms with Crippen molar-refractivity contribution in [2.75, 3.05) is 27.3 Å². The van der Waals surface area contributed by atoms with E-state index in [-0.39, 0.29) is 22.1 Å². The molecule has 0 aliphatic carbocycles. The third kappa shape index (κ3) is 4.31. The molecule has 2 aromatic heterocycles. The van der Waals surface area contributed by atoms with E-state index in [2.05, 4.69) is 17.0 Å². The summed E-state index contributed by atoms with van der Waals surface area (Å²) < 4.78 is 52.9. The molecule has 1 fully saturated rings. The van der Waals surface area contributed by atoms with Crippen LogP contribution < -0.4 is 9.47 Å². The van der Waals surface area contributed by atoms with Gasteiger partial charge in [-0.25, -0.2) is 9.50 Å². The Labute approximate surface area is 193 Å². The van der Waals surface area contributed by atoms with Crippen LogP contribution in [0.4, 0.5) is 13.2 Å². The Balaban J connectivity index is 1.85. The van der Waals surface area contributed by atoms with Gasteiger partial charge in [0.05, 0.1) is 19.9 Å². The number of carbonyl (C=O) groups is 1. The third-order valence-corrected chi connectivity index (χ3v) is 6.12. The number of nitrogens with zero attached hydrogens (tertiary/aromatic N) is 4. The zero-order valence-electron chi connectivity index (χ0n) is 18.2. The largest absolute Gasteiger partial charge is 0.493 e. The maximum absolute atomic E-state index is 13.9. The van der Waals surface area contributed by atoms with E-state index in [0.717, 1.165) is 18.9 Å². The van der Waals surface area contributed by atoms with Crippen molar-refractivity contribution in [2.45, 2.75) is 25.9 Å². The number of alkyl halides is 3. The number of piperidine rings is 1. The van der Waals surface area contributed by atoms with Crippen molar-refractivity contribution >= 4 is 23.2 Å². The Bertz CT molecular complexity index is 1200. The standard InChI is InChI=1S/C22H22ClF3N4O3/c1-12-6-8-29(9-7-12)21(31)19-18(23)20-27-14(11-17(22(24,25)26)30(20)28-19)13-4-5-15(32-2)16(10-13)33-3/h4-5,10-12H,6-9H2,1-3H3. The molecule has 1 aliphatic heterocycles. The molecular formula is C22H22ClF3N4O3. The molecule has 0 spiro atoms. The SMILES string of the molecule is COc1ccc(-c2cc(C(F)(F)F)n3nc(C(=O)N4CCC(C)CC4)c(Cl)c3n2)cc1OC. The van der Waals surface area contributed by atoms with Crippen LogP contribution in [-0.2, 0) is 6.18 Å². The maximum atomic E-state index is 13.9. The number of hydrogen-bond acceptors (Lipinski definition) is 5. The van der Waals surface area contributed by atoms with E-state index in [9.17, 15) is 18.0 Å². The van der Waals surface area contributed by atoms with Crippen LogP contribution in [0, 0.1) is 5.92 Å². The fraction of sp³-hybridized carbons (Fsp3) is 0.409. The summed E-state index contributed by atoms with van der Waals surface area (Å²) in [5.41, 5.74) is -1.22. The van der Waals surface area contributed by atoms with Crippen LogP contribution in [0.25, 0.3) is 16.9 Å². The average Bonchev–Trinajstić information content (AvgIpc) is 3.13. The Morgan fingerprint density at radius 2 is 1.79 bits per heavy atom. The van der Waals surface area contributed by atoms with Gasteiger partial charge in [-0.05, 0) is 43.0 Å². The van der Waals surface area contributed by atoms with Crippen molar-refractivity contribution in [3.05, 3.63) is 40.7 Å². The fourth-order valence-electron chi connectivity index (χ4n) is 3.83. The molecule has 0 saturated carbocycles. The lowest BCUT2D eigenvalue weighted by atomic mass is 9.99. The van der Waals surface area contributed by atoms with Crippen LogP contribution in [0.3, 0.4) is 0 Å². The van der Waals surface area contributed by atoms with Crippen molar-refractivity contribution in [2.24, 2.45) is 5.92 Å². The first-order chi connectivity index (χ1) is 15.6. The topological polar surface area (TPSA) is 69.0 Å². The summed E-state index contributed by atoms with van der Waals surface area (Å²) in [4.78, 5) is 18.9. The number of fused-ring (bicyclic) bond motifs is 1. The van der Waals surface area contributed by atoms with Gasteiger partial charge >= 0.3 is 6.18 Å². The van der Waals surface area contributed by atoms with E-state index in [1.807, 2.05) is 0 Å². The molecule has 33 heavy (non-hydrogen) atoms. The van der Waals surface area contributed by atoms with Crippen molar-refractivity contribution in [1.82, 2.24) is 19.5 Å². The molecule has 0 unspecified atom stereocenters. The van der Waals surface area contributed by atoms with Crippen LogP contribution in [0.2, 0.25) is 5.02 Å². The number of rotatable bonds is 4. The number of ether oxygens (including phenoxy) is 2. The van der Waals surface area contributed by atoms with Gasteiger partial charge in [-0.3, -0.25) is 4.79 Å². The summed E-state index contributed by atoms with van der Waals surface area (Å²) in [5, 5.41) is 3.72. The molecule has 11 heteroatoms. The molecule has 0 atom stereocenters. The van der Waals surface area contributed by atoms with Crippen molar-refractivity contribution in [3.8, 4) is 22.8 Å². The van der Waals surface area contributed by atoms with E-state index in [1.165, 1.54) is 20.3 Å². The molecule has 1 amide bonds. The Kier molecular flexibility index (Phi) is 6.13. The van der Waals surface area contributed by atoms with Crippen molar-refractivity contribution in [1.29, 1.82) is 0 Å². The number of aromatic nitrogens is 3. The Morgan fingerprint density at radius 3 is 2.39 bits per heavy atom. The summed E-state index contributed by atoms with van der Waals surface area (Å²) in [6.07, 6.45) is -3.14. The van der Waals surface area contributed by atoms with Crippen molar-refractivity contribution in [3.63, 3.8) is 0 Å². The van der Waals surface area contributed by atoms with Crippen LogP contribution in [0.15, 0.2) is 24.3 Å². The number of halogens is 4. The minimum absolute atomic E-state index is 0.00312. The monoisotopic (exact) mass is 482 g/mol. The summed E-state index contributed by atoms with van der Waals surface area (Å²) in [7, 11) is 2.88. The average molecular weight is 483 g/mol. The Morgan fingerprint density at radius 1 is 1.12 bits per heavy atom. The van der Waals surface area contributed by atoms with Gasteiger partial charge in [0.1, 0.15) is 5.02 Å². The predicted molar refractivity (Wildman–Crippen MR) is 116 cm³/mol. The second-order valence-corrected chi connectivity index (χ2v) is 8.34. The third-order valence-electron chi connectivity index (χ3n) is 5.78. The normalized spacial score (nSPS) is 15.2. The maximum Gasteiger partial charge on any atom is 0.433 e. The summed E-state index contributed by atoms with van der Waals surface area (Å²) in [6, 6.07) is 5.51. The molecule has 4 rings (SSSR count). The van der Waals surface area contributed by atoms with Gasteiger partial charge in [0, 0.05) is 18.7 Å². The minimum Gasteiger partial charge on any atom is -0.493 e. The first kappa shape index (κ1) is 23.2. The molecular weight excluding hydrogens is 461 g/mol. The molecule has 1 aliphatic rings. The van der Waals surface area contributed by atoms with Crippen LogP contribution >= 0.6 is 11.6 Å². The lowest BCUT2D eigenvalue weighted by Crippen LogP contribution is -2.38. The zero-order chi connectivity index (χ0) is 23.9. The second-order valence-electron chi connectivity index (χ2n) is 7.97. The smallest absolute Gasteiger partial charge is 0.433 e. The molecule has 176 valence electrons. The highest BCUT2D eigenvalue weighted by molar-refractivity contribution is 6.36. The van der Waals surface area contributed by atoms with Gasteiger partial charge in [0.15, 0.2) is 28.5 Å². The number of carbonyl (C=O) groups excluding carboxylic acids is 1. The molecule has 3 aromatic rings. The van der Waals surface area contributed by atoms with Gasteiger partial charge in [0.2, 0.25) is 0 Å². The van der Waals surface area contributed by atoms with E-state index >= 15 is 0 Å². The quantitative estimate of drug-likeness (QED) is 0.526. The van der Waals surface area contributed by atoms with E-state index < -0.39 is 17.8 Å². The summed E-state index contributed by atoms with van der Waals surface area (Å²) >= 11 is 6.38. The number of likely N-dealkylation sites (tertiary alicyclic amines) is 1. The highest BCUT2D eigenvalue weighted by Crippen LogP contribution is 2.37. The summed E-state index contributed by atoms with van der Waals surface area (Å²) in [5.74, 6) is 0.732. The number of hydrogen-bond donors (Lipinski definition) is 0. The van der Waals surface area contributed by atoms with Gasteiger partial charge < -0.3 is 14.4 Å². The minimum atomic E-state index is -4.76. The molecule has 3 heterocycles. The van der Waals surface area contributed by atoms with Crippen molar-refractivity contribution < 1.29 is 27.4 Å². The van der Waals surface area contributed by atoms with E-state index in [1.54, 1.807) is 17.0 Å². The van der Waals surface area contributed by atoms with Crippen LogP contribution in [0.5, 0.6) is 11.5 Å². The first-order valence-corrected chi connectivity index (χ1v) is 10.7. The lowest BCUT2D eigenvalue weighted by molar-refractivity contribution is -0.142.